The van der Waals surface area contributed by atoms with Gasteiger partial charge in [-0.2, -0.15) is 0 Å². The van der Waals surface area contributed by atoms with Gasteiger partial charge in [0.2, 0.25) is 0 Å². The molecule has 0 aromatic rings. The van der Waals surface area contributed by atoms with Crippen LogP contribution in [0.2, 0.25) is 0 Å². The van der Waals surface area contributed by atoms with Crippen LogP contribution in [0.1, 0.15) is 13.3 Å². The van der Waals surface area contributed by atoms with Gasteiger partial charge in [-0.15, -0.1) is 0 Å². The van der Waals surface area contributed by atoms with Gasteiger partial charge in [-0.05, 0) is 6.42 Å². The molecule has 1 rings (SSSR count). The van der Waals surface area contributed by atoms with Crippen molar-refractivity contribution in [2.24, 2.45) is 0 Å². The summed E-state index contributed by atoms with van der Waals surface area (Å²) in [5, 5.41) is 18.4. The van der Waals surface area contributed by atoms with Gasteiger partial charge in [0.15, 0.2) is 6.04 Å². The van der Waals surface area contributed by atoms with E-state index in [1.54, 1.807) is 6.92 Å². The van der Waals surface area contributed by atoms with Crippen molar-refractivity contribution in [3.63, 3.8) is 0 Å². The topological polar surface area (TPSA) is 87.1 Å². The fraction of sp³-hybridized carbons (Fsp3) is 0.500. The highest BCUT2D eigenvalue weighted by Gasteiger charge is 2.31. The summed E-state index contributed by atoms with van der Waals surface area (Å²) in [6.45, 7) is 1.46. The van der Waals surface area contributed by atoms with Gasteiger partial charge in [0.25, 0.3) is 5.91 Å². The molecular weight excluding hydrogens is 190 g/mol. The monoisotopic (exact) mass is 201 g/mol. The van der Waals surface area contributed by atoms with Crippen LogP contribution in [0.4, 0.5) is 0 Å². The molecule has 6 nitrogen and oxygen atoms in total. The number of hydroxylamine groups is 2. The Labute approximate surface area is 80.3 Å². The maximum absolute atomic E-state index is 11.2. The van der Waals surface area contributed by atoms with Crippen LogP contribution < -0.4 is 0 Å². The molecule has 0 radical (unpaired) electrons. The quantitative estimate of drug-likeness (QED) is 0.674. The molecular formula is C8H11NO5. The highest BCUT2D eigenvalue weighted by molar-refractivity contribution is 5.91. The maximum Gasteiger partial charge on any atom is 0.329 e. The number of nitrogens with zero attached hydrogens (tertiary/aromatic N) is 1. The molecule has 1 unspecified atom stereocenters. The Hall–Kier alpha value is -1.56. The van der Waals surface area contributed by atoms with Crippen molar-refractivity contribution in [1.29, 1.82) is 0 Å². The van der Waals surface area contributed by atoms with Gasteiger partial charge >= 0.3 is 5.97 Å². The summed E-state index contributed by atoms with van der Waals surface area (Å²) < 4.78 is 0. The number of aliphatic hydroxyl groups is 1. The van der Waals surface area contributed by atoms with Crippen molar-refractivity contribution in [2.45, 2.75) is 19.4 Å². The Balaban J connectivity index is 2.79. The SMILES string of the molecule is CCC(C(=O)O)N1OCC(O)=CC1=O. The van der Waals surface area contributed by atoms with Crippen LogP contribution in [0.3, 0.4) is 0 Å². The van der Waals surface area contributed by atoms with E-state index in [2.05, 4.69) is 0 Å². The minimum absolute atomic E-state index is 0.171. The van der Waals surface area contributed by atoms with E-state index in [0.29, 0.717) is 0 Å². The second-order valence-electron chi connectivity index (χ2n) is 2.84. The number of carboxylic acids is 1. The molecule has 0 aliphatic carbocycles. The third kappa shape index (κ3) is 2.02. The first-order valence-corrected chi connectivity index (χ1v) is 4.14. The largest absolute Gasteiger partial charge is 0.510 e. The number of amides is 1. The molecule has 1 heterocycles. The van der Waals surface area contributed by atoms with E-state index < -0.39 is 17.9 Å². The van der Waals surface area contributed by atoms with Gasteiger partial charge in [-0.25, -0.2) is 9.86 Å². The maximum atomic E-state index is 11.2. The number of aliphatic carboxylic acids is 1. The predicted molar refractivity (Wildman–Crippen MR) is 45.2 cm³/mol. The molecule has 2 N–H and O–H groups in total. The van der Waals surface area contributed by atoms with E-state index in [9.17, 15) is 9.59 Å². The van der Waals surface area contributed by atoms with Crippen molar-refractivity contribution >= 4 is 11.9 Å². The third-order valence-corrected chi connectivity index (χ3v) is 1.81. The molecule has 1 amide bonds. The summed E-state index contributed by atoms with van der Waals surface area (Å²) in [5.41, 5.74) is 0. The van der Waals surface area contributed by atoms with E-state index >= 15 is 0 Å². The summed E-state index contributed by atoms with van der Waals surface area (Å²) in [5.74, 6) is -1.98. The summed E-state index contributed by atoms with van der Waals surface area (Å²) in [6, 6.07) is -1.01. The number of carbonyl (C=O) groups excluding carboxylic acids is 1. The van der Waals surface area contributed by atoms with E-state index in [-0.39, 0.29) is 18.8 Å². The second kappa shape index (κ2) is 4.10. The number of hydrogen-bond donors (Lipinski definition) is 2. The van der Waals surface area contributed by atoms with Gasteiger partial charge in [0.1, 0.15) is 12.4 Å². The van der Waals surface area contributed by atoms with Crippen LogP contribution >= 0.6 is 0 Å². The summed E-state index contributed by atoms with van der Waals surface area (Å²) in [6.07, 6.45) is 1.20. The van der Waals surface area contributed by atoms with Gasteiger partial charge < -0.3 is 10.2 Å². The number of aliphatic hydroxyl groups excluding tert-OH is 1. The number of carboxylic acid groups (broad SMARTS) is 1. The molecule has 0 bridgehead atoms. The Morgan fingerprint density at radius 3 is 2.86 bits per heavy atom. The lowest BCUT2D eigenvalue weighted by Gasteiger charge is -2.28. The molecule has 1 atom stereocenters. The Morgan fingerprint density at radius 1 is 1.79 bits per heavy atom. The van der Waals surface area contributed by atoms with E-state index in [1.807, 2.05) is 0 Å². The van der Waals surface area contributed by atoms with Crippen LogP contribution in [-0.4, -0.2) is 39.8 Å². The number of rotatable bonds is 3. The zero-order valence-corrected chi connectivity index (χ0v) is 7.64. The molecule has 1 aliphatic heterocycles. The Kier molecular flexibility index (Phi) is 3.08. The molecule has 0 spiro atoms. The van der Waals surface area contributed by atoms with Gasteiger partial charge in [0.05, 0.1) is 0 Å². The molecule has 6 heteroatoms. The van der Waals surface area contributed by atoms with Gasteiger partial charge in [-0.3, -0.25) is 9.63 Å². The lowest BCUT2D eigenvalue weighted by molar-refractivity contribution is -0.205. The van der Waals surface area contributed by atoms with Gasteiger partial charge in [-0.1, -0.05) is 6.92 Å². The van der Waals surface area contributed by atoms with Crippen LogP contribution in [0.25, 0.3) is 0 Å². The van der Waals surface area contributed by atoms with Crippen LogP contribution in [0, 0.1) is 0 Å². The lowest BCUT2D eigenvalue weighted by atomic mass is 10.2. The van der Waals surface area contributed by atoms with Crippen molar-refractivity contribution in [3.05, 3.63) is 11.8 Å². The van der Waals surface area contributed by atoms with Gasteiger partial charge in [0, 0.05) is 6.08 Å². The molecule has 1 aliphatic rings. The summed E-state index contributed by atoms with van der Waals surface area (Å²) in [7, 11) is 0. The first-order chi connectivity index (χ1) is 6.56. The third-order valence-electron chi connectivity index (χ3n) is 1.81. The predicted octanol–water partition coefficient (Wildman–Crippen LogP) is 0.0653. The molecule has 0 aromatic heterocycles. The van der Waals surface area contributed by atoms with Crippen molar-refractivity contribution in [3.8, 4) is 0 Å². The van der Waals surface area contributed by atoms with Crippen LogP contribution in [0.15, 0.2) is 11.8 Å². The molecule has 0 saturated heterocycles. The van der Waals surface area contributed by atoms with Crippen molar-refractivity contribution < 1.29 is 24.6 Å². The first-order valence-electron chi connectivity index (χ1n) is 4.14. The summed E-state index contributed by atoms with van der Waals surface area (Å²) >= 11 is 0. The van der Waals surface area contributed by atoms with Crippen LogP contribution in [-0.2, 0) is 14.4 Å². The first kappa shape index (κ1) is 10.5. The van der Waals surface area contributed by atoms with E-state index in [4.69, 9.17) is 15.1 Å². The number of hydrogen-bond acceptors (Lipinski definition) is 4. The highest BCUT2D eigenvalue weighted by atomic mass is 16.7. The average molecular weight is 201 g/mol. The fourth-order valence-corrected chi connectivity index (χ4v) is 1.13. The molecule has 14 heavy (non-hydrogen) atoms. The molecule has 78 valence electrons. The summed E-state index contributed by atoms with van der Waals surface area (Å²) in [4.78, 5) is 26.7. The fourth-order valence-electron chi connectivity index (χ4n) is 1.13. The van der Waals surface area contributed by atoms with Crippen molar-refractivity contribution in [1.82, 2.24) is 5.06 Å². The lowest BCUT2D eigenvalue weighted by Crippen LogP contribution is -2.46. The Morgan fingerprint density at radius 2 is 2.43 bits per heavy atom. The average Bonchev–Trinajstić information content (AvgIpc) is 2.09. The molecule has 0 fully saturated rings. The van der Waals surface area contributed by atoms with Crippen molar-refractivity contribution in [2.75, 3.05) is 6.61 Å². The minimum Gasteiger partial charge on any atom is -0.510 e. The molecule has 0 aromatic carbocycles. The molecule has 0 saturated carbocycles. The Bertz CT molecular complexity index is 285. The highest BCUT2D eigenvalue weighted by Crippen LogP contribution is 2.12. The van der Waals surface area contributed by atoms with Crippen LogP contribution in [0.5, 0.6) is 0 Å². The normalized spacial score (nSPS) is 19.1. The minimum atomic E-state index is -1.13. The second-order valence-corrected chi connectivity index (χ2v) is 2.84. The van der Waals surface area contributed by atoms with E-state index in [0.717, 1.165) is 11.1 Å². The number of carbonyl (C=O) groups is 2. The zero-order valence-electron chi connectivity index (χ0n) is 7.64. The standard InChI is InChI=1S/C8H11NO5/c1-2-6(8(12)13)9-7(11)3-5(10)4-14-9/h3,6,10H,2,4H2,1H3,(H,12,13). The zero-order chi connectivity index (χ0) is 10.7. The smallest absolute Gasteiger partial charge is 0.329 e. The van der Waals surface area contributed by atoms with E-state index in [1.165, 1.54) is 0 Å².